The Hall–Kier alpha value is -2.14. The van der Waals surface area contributed by atoms with Crippen LogP contribution in [0.1, 0.15) is 5.56 Å². The molecule has 0 saturated carbocycles. The maximum absolute atomic E-state index is 12.5. The highest BCUT2D eigenvalue weighted by Crippen LogP contribution is 2.25. The van der Waals surface area contributed by atoms with Crippen LogP contribution in [0.15, 0.2) is 35.1 Å². The molecule has 21 heavy (non-hydrogen) atoms. The summed E-state index contributed by atoms with van der Waals surface area (Å²) in [5.74, 6) is -0.851. The molecule has 5 N–H and O–H groups in total. The van der Waals surface area contributed by atoms with Crippen LogP contribution in [-0.4, -0.2) is 25.8 Å². The van der Waals surface area contributed by atoms with Gasteiger partial charge in [0.25, 0.3) is 0 Å². The van der Waals surface area contributed by atoms with Crippen LogP contribution >= 0.6 is 0 Å². The van der Waals surface area contributed by atoms with Gasteiger partial charge < -0.3 is 20.7 Å². The molecule has 1 heterocycles. The van der Waals surface area contributed by atoms with Crippen LogP contribution in [-0.2, 0) is 17.8 Å². The largest absolute Gasteiger partial charge is 0.755 e. The number of halogens is 3. The summed E-state index contributed by atoms with van der Waals surface area (Å²) in [7, 11) is 0. The summed E-state index contributed by atoms with van der Waals surface area (Å²) in [4.78, 5) is 7.28. The first kappa shape index (κ1) is 16.9. The number of rotatable bonds is 5. The fourth-order valence-corrected chi connectivity index (χ4v) is 1.66. The maximum Gasteiger partial charge on any atom is 0.421 e. The van der Waals surface area contributed by atoms with Crippen molar-refractivity contribution in [1.29, 1.82) is 0 Å². The van der Waals surface area contributed by atoms with Gasteiger partial charge in [0.05, 0.1) is 6.54 Å². The van der Waals surface area contributed by atoms with Gasteiger partial charge in [-0.1, -0.05) is 6.07 Å². The minimum Gasteiger partial charge on any atom is -0.755 e. The van der Waals surface area contributed by atoms with Gasteiger partial charge in [-0.05, 0) is 6.07 Å². The Labute approximate surface area is 120 Å². The van der Waals surface area contributed by atoms with Crippen LogP contribution < -0.4 is 16.2 Å². The molecule has 0 aromatic carbocycles. The van der Waals surface area contributed by atoms with Crippen LogP contribution in [0.4, 0.5) is 19.0 Å². The first-order chi connectivity index (χ1) is 9.75. The fourth-order valence-electron chi connectivity index (χ4n) is 1.32. The molecule has 0 saturated heterocycles. The first-order valence-electron chi connectivity index (χ1n) is 5.35. The maximum atomic E-state index is 12.5. The molecule has 116 valence electrons. The second-order valence-electron chi connectivity index (χ2n) is 3.63. The number of nitrogens with zero attached hydrogens (tertiary/aromatic N) is 2. The Morgan fingerprint density at radius 3 is 2.76 bits per heavy atom. The van der Waals surface area contributed by atoms with Crippen LogP contribution in [0.25, 0.3) is 0 Å². The number of aliphatic imine (C=N–C) groups is 1. The molecule has 0 bridgehead atoms. The Bertz CT molecular complexity index is 588. The van der Waals surface area contributed by atoms with Crippen molar-refractivity contribution in [2.24, 2.45) is 16.5 Å². The van der Waals surface area contributed by atoms with Crippen molar-refractivity contribution in [2.75, 3.05) is 4.72 Å². The van der Waals surface area contributed by atoms with E-state index in [9.17, 15) is 21.9 Å². The van der Waals surface area contributed by atoms with E-state index in [-0.39, 0.29) is 17.9 Å². The summed E-state index contributed by atoms with van der Waals surface area (Å²) in [6.07, 6.45) is -3.10. The summed E-state index contributed by atoms with van der Waals surface area (Å²) in [5.41, 5.74) is 9.09. The normalized spacial score (nSPS) is 14.9. The molecule has 0 radical (unpaired) electrons. The topological polar surface area (TPSA) is 129 Å². The van der Waals surface area contributed by atoms with Crippen molar-refractivity contribution in [3.05, 3.63) is 35.7 Å². The van der Waals surface area contributed by atoms with Gasteiger partial charge in [-0.3, -0.25) is 9.20 Å². The molecule has 0 amide bonds. The van der Waals surface area contributed by atoms with Crippen molar-refractivity contribution in [1.82, 2.24) is 4.98 Å². The molecular weight excluding hydrogens is 311 g/mol. The third kappa shape index (κ3) is 5.04. The summed E-state index contributed by atoms with van der Waals surface area (Å²) in [6.45, 7) is -0.299. The predicted molar refractivity (Wildman–Crippen MR) is 70.4 cm³/mol. The molecule has 0 aliphatic carbocycles. The molecule has 0 aliphatic heterocycles. The van der Waals surface area contributed by atoms with Gasteiger partial charge in [-0.25, -0.2) is 4.98 Å². The number of aromatic nitrogens is 1. The minimum atomic E-state index is -4.73. The number of hydrogen-bond donors (Lipinski definition) is 3. The van der Waals surface area contributed by atoms with E-state index in [0.717, 1.165) is 0 Å². The number of nitrogens with two attached hydrogens (primary N) is 2. The Balaban J connectivity index is 2.97. The van der Waals surface area contributed by atoms with Gasteiger partial charge in [0.15, 0.2) is 0 Å². The number of nitrogens with one attached hydrogen (secondary N) is 1. The quantitative estimate of drug-likeness (QED) is 0.414. The third-order valence-electron chi connectivity index (χ3n) is 2.24. The average Bonchev–Trinajstić information content (AvgIpc) is 2.36. The van der Waals surface area contributed by atoms with Gasteiger partial charge in [0.2, 0.25) is 0 Å². The minimum absolute atomic E-state index is 0.0485. The van der Waals surface area contributed by atoms with E-state index in [0.29, 0.717) is 6.20 Å². The van der Waals surface area contributed by atoms with Crippen LogP contribution in [0.5, 0.6) is 0 Å². The highest BCUT2D eigenvalue weighted by Gasteiger charge is 2.35. The van der Waals surface area contributed by atoms with Gasteiger partial charge in [0, 0.05) is 29.2 Å². The number of hydrogen-bond acceptors (Lipinski definition) is 5. The summed E-state index contributed by atoms with van der Waals surface area (Å²) < 4.78 is 60.7. The van der Waals surface area contributed by atoms with Gasteiger partial charge in [0.1, 0.15) is 17.2 Å². The molecule has 1 aromatic heterocycles. The zero-order valence-corrected chi connectivity index (χ0v) is 11.2. The zero-order chi connectivity index (χ0) is 16.0. The Morgan fingerprint density at radius 2 is 2.24 bits per heavy atom. The summed E-state index contributed by atoms with van der Waals surface area (Å²) in [5, 5.41) is 0. The zero-order valence-electron chi connectivity index (χ0n) is 10.4. The molecule has 0 spiro atoms. The standard InChI is InChI=1S/C10H12F3N5O2S/c11-10(12,13)7(4-14)8(15)17-5-6-2-1-3-16-9(6)18-21(19)20/h1-4H,5,14H2,(H2,15,17)(H,16,18)(H,19,20)/p-1. The lowest BCUT2D eigenvalue weighted by Gasteiger charge is -2.12. The average molecular weight is 322 g/mol. The van der Waals surface area contributed by atoms with E-state index in [1.807, 2.05) is 4.72 Å². The van der Waals surface area contributed by atoms with Crippen molar-refractivity contribution < 1.29 is 21.9 Å². The number of amidine groups is 1. The molecule has 1 rings (SSSR count). The molecular formula is C10H11F3N5O2S-. The fraction of sp³-hybridized carbons (Fsp3) is 0.200. The van der Waals surface area contributed by atoms with Crippen molar-refractivity contribution in [3.8, 4) is 0 Å². The third-order valence-corrected chi connectivity index (χ3v) is 2.60. The number of anilines is 1. The monoisotopic (exact) mass is 322 g/mol. The second-order valence-corrected chi connectivity index (χ2v) is 4.30. The van der Waals surface area contributed by atoms with Crippen molar-refractivity contribution >= 4 is 22.9 Å². The lowest BCUT2D eigenvalue weighted by Crippen LogP contribution is -2.27. The van der Waals surface area contributed by atoms with E-state index in [4.69, 9.17) is 11.5 Å². The van der Waals surface area contributed by atoms with E-state index in [2.05, 4.69) is 9.98 Å². The van der Waals surface area contributed by atoms with Gasteiger partial charge >= 0.3 is 6.18 Å². The lowest BCUT2D eigenvalue weighted by molar-refractivity contribution is -0.0863. The second kappa shape index (κ2) is 7.04. The number of pyridine rings is 1. The molecule has 1 unspecified atom stereocenters. The van der Waals surface area contributed by atoms with Crippen LogP contribution in [0.2, 0.25) is 0 Å². The van der Waals surface area contributed by atoms with Gasteiger partial charge in [-0.15, -0.1) is 0 Å². The summed E-state index contributed by atoms with van der Waals surface area (Å²) in [6, 6.07) is 2.92. The lowest BCUT2D eigenvalue weighted by atomic mass is 10.2. The molecule has 1 aromatic rings. The molecule has 0 aliphatic rings. The Morgan fingerprint density at radius 1 is 1.57 bits per heavy atom. The smallest absolute Gasteiger partial charge is 0.421 e. The van der Waals surface area contributed by atoms with E-state index >= 15 is 0 Å². The Kier molecular flexibility index (Phi) is 5.67. The molecule has 0 fully saturated rings. The highest BCUT2D eigenvalue weighted by atomic mass is 32.2. The predicted octanol–water partition coefficient (Wildman–Crippen LogP) is 0.550. The van der Waals surface area contributed by atoms with Crippen molar-refractivity contribution in [2.45, 2.75) is 12.7 Å². The van der Waals surface area contributed by atoms with Gasteiger partial charge in [-0.2, -0.15) is 13.2 Å². The van der Waals surface area contributed by atoms with Crippen LogP contribution in [0, 0.1) is 0 Å². The first-order valence-corrected chi connectivity index (χ1v) is 6.42. The highest BCUT2D eigenvalue weighted by molar-refractivity contribution is 7.80. The van der Waals surface area contributed by atoms with Crippen LogP contribution in [0.3, 0.4) is 0 Å². The molecule has 1 atom stereocenters. The van der Waals surface area contributed by atoms with E-state index in [1.54, 1.807) is 0 Å². The van der Waals surface area contributed by atoms with Crippen molar-refractivity contribution in [3.63, 3.8) is 0 Å². The SMILES string of the molecule is NC=C(C(N)=NCc1cccnc1NS(=O)[O-])C(F)(F)F. The summed E-state index contributed by atoms with van der Waals surface area (Å²) >= 11 is -2.62. The van der Waals surface area contributed by atoms with E-state index < -0.39 is 28.9 Å². The van der Waals surface area contributed by atoms with E-state index in [1.165, 1.54) is 18.3 Å². The number of alkyl halides is 3. The molecule has 7 nitrogen and oxygen atoms in total. The molecule has 11 heteroatoms.